The summed E-state index contributed by atoms with van der Waals surface area (Å²) in [6, 6.07) is 3.72. The number of halogens is 2. The Morgan fingerprint density at radius 2 is 1.41 bits per heavy atom. The van der Waals surface area contributed by atoms with E-state index in [1.54, 1.807) is 0 Å². The van der Waals surface area contributed by atoms with Gasteiger partial charge in [-0.15, -0.1) is 0 Å². The lowest BCUT2D eigenvalue weighted by Gasteiger charge is -2.38. The number of unbranched alkanes of at least 4 members (excludes halogenated alkanes) is 1. The van der Waals surface area contributed by atoms with E-state index in [1.807, 2.05) is 12.1 Å². The van der Waals surface area contributed by atoms with Crippen molar-refractivity contribution in [2.45, 2.75) is 103 Å². The van der Waals surface area contributed by atoms with Crippen LogP contribution in [0.4, 0.5) is 8.78 Å². The van der Waals surface area contributed by atoms with Gasteiger partial charge in [-0.05, 0) is 86.2 Å². The highest BCUT2D eigenvalue weighted by Crippen LogP contribution is 2.45. The summed E-state index contributed by atoms with van der Waals surface area (Å²) in [5, 5.41) is 0. The maximum absolute atomic E-state index is 14.7. The number of benzene rings is 1. The van der Waals surface area contributed by atoms with E-state index >= 15 is 0 Å². The second kappa shape index (κ2) is 10.0. The number of hydrogen-bond donors (Lipinski definition) is 0. The molecule has 0 unspecified atom stereocenters. The maximum atomic E-state index is 14.7. The quantitative estimate of drug-likeness (QED) is 0.450. The van der Waals surface area contributed by atoms with Crippen LogP contribution in [-0.4, -0.2) is 0 Å². The van der Waals surface area contributed by atoms with E-state index < -0.39 is 11.6 Å². The molecule has 3 rings (SSSR count). The monoisotopic (exact) mass is 376 g/mol. The molecule has 27 heavy (non-hydrogen) atoms. The summed E-state index contributed by atoms with van der Waals surface area (Å²) in [5.74, 6) is 1.74. The number of hydrogen-bond acceptors (Lipinski definition) is 0. The van der Waals surface area contributed by atoms with Gasteiger partial charge in [-0.3, -0.25) is 0 Å². The summed E-state index contributed by atoms with van der Waals surface area (Å²) in [6.45, 7) is 4.38. The minimum atomic E-state index is -0.586. The maximum Gasteiger partial charge on any atom is 0.162 e. The summed E-state index contributed by atoms with van der Waals surface area (Å²) in [4.78, 5) is 0. The molecule has 0 atom stereocenters. The van der Waals surface area contributed by atoms with Crippen LogP contribution >= 0.6 is 0 Å². The molecule has 152 valence electrons. The Bertz CT molecular complexity index is 578. The van der Waals surface area contributed by atoms with Crippen molar-refractivity contribution in [3.05, 3.63) is 34.9 Å². The summed E-state index contributed by atoms with van der Waals surface area (Å²) < 4.78 is 29.1. The summed E-state index contributed by atoms with van der Waals surface area (Å²) >= 11 is 0. The molecular weight excluding hydrogens is 338 g/mol. The molecule has 0 amide bonds. The van der Waals surface area contributed by atoms with Gasteiger partial charge in [0.1, 0.15) is 0 Å². The van der Waals surface area contributed by atoms with Crippen LogP contribution in [0, 0.1) is 29.4 Å². The van der Waals surface area contributed by atoms with Gasteiger partial charge in [0.25, 0.3) is 0 Å². The van der Waals surface area contributed by atoms with E-state index in [-0.39, 0.29) is 5.92 Å². The SMILES string of the molecule is CCCCc1ccc(C2CCC(C3CCC(CCC)CC3)CC2)c(F)c1F. The first-order valence-electron chi connectivity index (χ1n) is 11.6. The van der Waals surface area contributed by atoms with Gasteiger partial charge in [-0.25, -0.2) is 8.78 Å². The Hall–Kier alpha value is -0.920. The van der Waals surface area contributed by atoms with E-state index in [0.29, 0.717) is 17.5 Å². The average Bonchev–Trinajstić information content (AvgIpc) is 2.70. The van der Waals surface area contributed by atoms with Crippen LogP contribution in [0.1, 0.15) is 108 Å². The first-order chi connectivity index (χ1) is 13.1. The molecule has 2 aliphatic rings. The molecule has 0 bridgehead atoms. The van der Waals surface area contributed by atoms with Gasteiger partial charge in [0, 0.05) is 0 Å². The largest absolute Gasteiger partial charge is 0.203 e. The number of aryl methyl sites for hydroxylation is 1. The van der Waals surface area contributed by atoms with Crippen LogP contribution in [0.15, 0.2) is 12.1 Å². The van der Waals surface area contributed by atoms with Gasteiger partial charge in [-0.1, -0.05) is 58.1 Å². The predicted octanol–water partition coefficient (Wildman–Crippen LogP) is 8.19. The third-order valence-electron chi connectivity index (χ3n) is 7.46. The van der Waals surface area contributed by atoms with Gasteiger partial charge in [0.15, 0.2) is 11.6 Å². The molecule has 2 heteroatoms. The minimum Gasteiger partial charge on any atom is -0.203 e. The third kappa shape index (κ3) is 5.12. The molecule has 2 saturated carbocycles. The molecular formula is C25H38F2. The highest BCUT2D eigenvalue weighted by molar-refractivity contribution is 5.29. The van der Waals surface area contributed by atoms with Gasteiger partial charge in [0.05, 0.1) is 0 Å². The van der Waals surface area contributed by atoms with Crippen LogP contribution in [0.5, 0.6) is 0 Å². The average molecular weight is 377 g/mol. The van der Waals surface area contributed by atoms with Crippen molar-refractivity contribution in [3.8, 4) is 0 Å². The van der Waals surface area contributed by atoms with Crippen LogP contribution in [-0.2, 0) is 6.42 Å². The molecule has 0 saturated heterocycles. The summed E-state index contributed by atoms with van der Waals surface area (Å²) in [7, 11) is 0. The van der Waals surface area contributed by atoms with Crippen LogP contribution < -0.4 is 0 Å². The predicted molar refractivity (Wildman–Crippen MR) is 110 cm³/mol. The normalized spacial score (nSPS) is 29.0. The van der Waals surface area contributed by atoms with Crippen molar-refractivity contribution in [1.29, 1.82) is 0 Å². The zero-order chi connectivity index (χ0) is 19.2. The van der Waals surface area contributed by atoms with E-state index in [0.717, 1.165) is 43.4 Å². The Labute approximate surface area is 165 Å². The second-order valence-corrected chi connectivity index (χ2v) is 9.23. The first kappa shape index (κ1) is 20.8. The lowest BCUT2D eigenvalue weighted by Crippen LogP contribution is -2.25. The molecule has 2 aliphatic carbocycles. The zero-order valence-electron chi connectivity index (χ0n) is 17.4. The van der Waals surface area contributed by atoms with E-state index in [2.05, 4.69) is 13.8 Å². The zero-order valence-corrected chi connectivity index (χ0v) is 17.4. The standard InChI is InChI=1S/C25H38F2/c1-3-5-7-22-16-17-23(25(27)24(22)26)21-14-12-20(13-15-21)19-10-8-18(6-4-2)9-11-19/h16-21H,3-15H2,1-2H3. The van der Waals surface area contributed by atoms with Crippen LogP contribution in [0.2, 0.25) is 0 Å². The fourth-order valence-corrected chi connectivity index (χ4v) is 5.74. The van der Waals surface area contributed by atoms with Crippen molar-refractivity contribution in [2.24, 2.45) is 17.8 Å². The Kier molecular flexibility index (Phi) is 7.73. The molecule has 0 radical (unpaired) electrons. The minimum absolute atomic E-state index is 0.215. The van der Waals surface area contributed by atoms with Gasteiger partial charge < -0.3 is 0 Å². The van der Waals surface area contributed by atoms with Crippen molar-refractivity contribution >= 4 is 0 Å². The molecule has 0 nitrogen and oxygen atoms in total. The molecule has 2 fully saturated rings. The lowest BCUT2D eigenvalue weighted by atomic mass is 9.68. The molecule has 1 aromatic rings. The molecule has 0 N–H and O–H groups in total. The molecule has 0 heterocycles. The van der Waals surface area contributed by atoms with E-state index in [1.165, 1.54) is 51.4 Å². The van der Waals surface area contributed by atoms with Gasteiger partial charge in [0.2, 0.25) is 0 Å². The Morgan fingerprint density at radius 3 is 2.00 bits per heavy atom. The third-order valence-corrected chi connectivity index (χ3v) is 7.46. The van der Waals surface area contributed by atoms with Crippen molar-refractivity contribution in [3.63, 3.8) is 0 Å². The van der Waals surface area contributed by atoms with Gasteiger partial charge >= 0.3 is 0 Å². The highest BCUT2D eigenvalue weighted by atomic mass is 19.2. The first-order valence-corrected chi connectivity index (χ1v) is 11.6. The molecule has 0 spiro atoms. The van der Waals surface area contributed by atoms with Crippen molar-refractivity contribution in [2.75, 3.05) is 0 Å². The topological polar surface area (TPSA) is 0 Å². The fraction of sp³-hybridized carbons (Fsp3) is 0.760. The lowest BCUT2D eigenvalue weighted by molar-refractivity contribution is 0.156. The second-order valence-electron chi connectivity index (χ2n) is 9.23. The van der Waals surface area contributed by atoms with Crippen molar-refractivity contribution in [1.82, 2.24) is 0 Å². The summed E-state index contributed by atoms with van der Waals surface area (Å²) in [5.41, 5.74) is 1.19. The number of rotatable bonds is 7. The molecule has 0 aliphatic heterocycles. The van der Waals surface area contributed by atoms with Gasteiger partial charge in [-0.2, -0.15) is 0 Å². The van der Waals surface area contributed by atoms with E-state index in [9.17, 15) is 8.78 Å². The smallest absolute Gasteiger partial charge is 0.162 e. The van der Waals surface area contributed by atoms with Crippen LogP contribution in [0.3, 0.4) is 0 Å². The Balaban J connectivity index is 1.54. The summed E-state index contributed by atoms with van der Waals surface area (Å²) in [6.07, 6.45) is 15.4. The van der Waals surface area contributed by atoms with E-state index in [4.69, 9.17) is 0 Å². The van der Waals surface area contributed by atoms with Crippen LogP contribution in [0.25, 0.3) is 0 Å². The molecule has 1 aromatic carbocycles. The molecule has 0 aromatic heterocycles. The Morgan fingerprint density at radius 1 is 0.778 bits per heavy atom. The highest BCUT2D eigenvalue weighted by Gasteiger charge is 2.32. The fourth-order valence-electron chi connectivity index (χ4n) is 5.74. The van der Waals surface area contributed by atoms with Crippen molar-refractivity contribution < 1.29 is 8.78 Å².